The van der Waals surface area contributed by atoms with Crippen LogP contribution in [0.15, 0.2) is 29.1 Å². The number of alkyl halides is 4. The molecule has 0 amide bonds. The van der Waals surface area contributed by atoms with Gasteiger partial charge in [-0.3, -0.25) is 4.79 Å². The van der Waals surface area contributed by atoms with E-state index in [-0.39, 0.29) is 16.9 Å². The highest BCUT2D eigenvalue weighted by molar-refractivity contribution is 9.09. The van der Waals surface area contributed by atoms with Crippen LogP contribution >= 0.6 is 15.9 Å². The van der Waals surface area contributed by atoms with Crippen LogP contribution in [0, 0.1) is 0 Å². The van der Waals surface area contributed by atoms with E-state index in [1.807, 2.05) is 0 Å². The van der Waals surface area contributed by atoms with Crippen LogP contribution in [-0.4, -0.2) is 22.9 Å². The monoisotopic (exact) mass is 388 g/mol. The van der Waals surface area contributed by atoms with Crippen molar-refractivity contribution in [2.45, 2.75) is 31.5 Å². The Morgan fingerprint density at radius 3 is 2.74 bits per heavy atom. The Hall–Kier alpha value is -1.50. The summed E-state index contributed by atoms with van der Waals surface area (Å²) in [6.07, 6.45) is -1.39. The second kappa shape index (κ2) is 6.19. The summed E-state index contributed by atoms with van der Waals surface area (Å²) in [5, 5.41) is 0.816. The molecule has 0 saturated carbocycles. The van der Waals surface area contributed by atoms with Crippen LogP contribution in [0.4, 0.5) is 18.9 Å². The number of piperidine rings is 1. The lowest BCUT2D eigenvalue weighted by atomic mass is 10.0. The summed E-state index contributed by atoms with van der Waals surface area (Å²) in [5.74, 6) is 0. The van der Waals surface area contributed by atoms with Crippen LogP contribution < -0.4 is 10.5 Å². The number of halogens is 4. The Balaban J connectivity index is 2.14. The molecular weight excluding hydrogens is 373 g/mol. The zero-order chi connectivity index (χ0) is 16.6. The average molecular weight is 389 g/mol. The first-order valence-electron chi connectivity index (χ1n) is 7.47. The van der Waals surface area contributed by atoms with Gasteiger partial charge in [-0.2, -0.15) is 13.2 Å². The number of fused-ring (bicyclic) bond motifs is 1. The van der Waals surface area contributed by atoms with Gasteiger partial charge in [0.1, 0.15) is 0 Å². The van der Waals surface area contributed by atoms with Gasteiger partial charge in [-0.05, 0) is 37.5 Å². The molecule has 0 spiro atoms. The fourth-order valence-electron chi connectivity index (χ4n) is 3.16. The highest BCUT2D eigenvalue weighted by Gasteiger charge is 2.33. The first-order chi connectivity index (χ1) is 10.9. The van der Waals surface area contributed by atoms with Gasteiger partial charge in [0.15, 0.2) is 0 Å². The molecule has 1 atom stereocenters. The molecule has 7 heteroatoms. The van der Waals surface area contributed by atoms with Crippen molar-refractivity contribution in [3.05, 3.63) is 40.2 Å². The van der Waals surface area contributed by atoms with Gasteiger partial charge in [0.2, 0.25) is 5.56 Å². The molecule has 2 aromatic rings. The molecule has 0 bridgehead atoms. The summed E-state index contributed by atoms with van der Waals surface area (Å²) in [6.45, 7) is 0.826. The topological polar surface area (TPSA) is 36.1 Å². The number of H-pyrrole nitrogens is 1. The first-order valence-corrected chi connectivity index (χ1v) is 8.59. The molecule has 3 rings (SSSR count). The van der Waals surface area contributed by atoms with Gasteiger partial charge in [0.05, 0.1) is 5.56 Å². The Labute approximate surface area is 139 Å². The minimum Gasteiger partial charge on any atom is -0.368 e. The van der Waals surface area contributed by atoms with E-state index in [0.29, 0.717) is 6.07 Å². The van der Waals surface area contributed by atoms with Gasteiger partial charge in [-0.25, -0.2) is 0 Å². The summed E-state index contributed by atoms with van der Waals surface area (Å²) in [6, 6.07) is 5.78. The van der Waals surface area contributed by atoms with Crippen molar-refractivity contribution in [3.63, 3.8) is 0 Å². The third kappa shape index (κ3) is 3.24. The highest BCUT2D eigenvalue weighted by Crippen LogP contribution is 2.35. The van der Waals surface area contributed by atoms with Gasteiger partial charge < -0.3 is 9.88 Å². The van der Waals surface area contributed by atoms with E-state index in [1.165, 1.54) is 6.07 Å². The number of hydrogen-bond acceptors (Lipinski definition) is 2. The first kappa shape index (κ1) is 16.4. The summed E-state index contributed by atoms with van der Waals surface area (Å²) in [5.41, 5.74) is -0.653. The highest BCUT2D eigenvalue weighted by atomic mass is 79.9. The van der Waals surface area contributed by atoms with Gasteiger partial charge in [-0.1, -0.05) is 15.9 Å². The second-order valence-electron chi connectivity index (χ2n) is 5.77. The maximum Gasteiger partial charge on any atom is 0.417 e. The quantitative estimate of drug-likeness (QED) is 0.778. The fraction of sp³-hybridized carbons (Fsp3) is 0.438. The Kier molecular flexibility index (Phi) is 4.40. The molecule has 2 heterocycles. The number of nitrogens with one attached hydrogen (secondary N) is 1. The number of hydrogen-bond donors (Lipinski definition) is 1. The second-order valence-corrected chi connectivity index (χ2v) is 6.42. The van der Waals surface area contributed by atoms with Crippen molar-refractivity contribution in [1.29, 1.82) is 0 Å². The lowest BCUT2D eigenvalue weighted by Gasteiger charge is -2.36. The molecule has 1 unspecified atom stereocenters. The van der Waals surface area contributed by atoms with Crippen LogP contribution in [0.5, 0.6) is 0 Å². The number of nitrogens with zero attached hydrogens (tertiary/aromatic N) is 1. The van der Waals surface area contributed by atoms with E-state index in [2.05, 4.69) is 25.8 Å². The maximum atomic E-state index is 13.2. The third-order valence-electron chi connectivity index (χ3n) is 4.27. The zero-order valence-corrected chi connectivity index (χ0v) is 13.9. The molecule has 1 N–H and O–H groups in total. The lowest BCUT2D eigenvalue weighted by Crippen LogP contribution is -2.40. The van der Waals surface area contributed by atoms with Crippen molar-refractivity contribution in [2.75, 3.05) is 16.8 Å². The fourth-order valence-corrected chi connectivity index (χ4v) is 3.83. The number of anilines is 1. The van der Waals surface area contributed by atoms with Crippen molar-refractivity contribution < 1.29 is 13.2 Å². The van der Waals surface area contributed by atoms with Crippen molar-refractivity contribution in [3.8, 4) is 0 Å². The number of aromatic amines is 1. The minimum atomic E-state index is -4.55. The van der Waals surface area contributed by atoms with Crippen LogP contribution in [-0.2, 0) is 6.18 Å². The molecule has 0 aliphatic carbocycles. The van der Waals surface area contributed by atoms with E-state index in [4.69, 9.17) is 0 Å². The SMILES string of the molecule is O=c1cc(C(F)(F)F)c2cc(N3CCCCC3CBr)ccc2[nH]1. The van der Waals surface area contributed by atoms with Crippen LogP contribution in [0.2, 0.25) is 0 Å². The molecule has 1 saturated heterocycles. The molecular formula is C16H16BrF3N2O. The number of rotatable bonds is 2. The summed E-state index contributed by atoms with van der Waals surface area (Å²) < 4.78 is 39.7. The van der Waals surface area contributed by atoms with Crippen molar-refractivity contribution in [1.82, 2.24) is 4.98 Å². The molecule has 23 heavy (non-hydrogen) atoms. The summed E-state index contributed by atoms with van der Waals surface area (Å²) >= 11 is 3.48. The van der Waals surface area contributed by atoms with Crippen LogP contribution in [0.3, 0.4) is 0 Å². The Bertz CT molecular complexity index is 772. The molecule has 3 nitrogen and oxygen atoms in total. The summed E-state index contributed by atoms with van der Waals surface area (Å²) in [7, 11) is 0. The molecule has 1 aliphatic heterocycles. The predicted molar refractivity (Wildman–Crippen MR) is 88.3 cm³/mol. The van der Waals surface area contributed by atoms with E-state index < -0.39 is 17.3 Å². The molecule has 1 aliphatic rings. The van der Waals surface area contributed by atoms with E-state index in [0.717, 1.165) is 36.8 Å². The van der Waals surface area contributed by atoms with Gasteiger partial charge in [0.25, 0.3) is 0 Å². The maximum absolute atomic E-state index is 13.2. The van der Waals surface area contributed by atoms with Crippen molar-refractivity contribution in [2.24, 2.45) is 0 Å². The number of benzene rings is 1. The molecule has 1 fully saturated rings. The van der Waals surface area contributed by atoms with Crippen LogP contribution in [0.1, 0.15) is 24.8 Å². The molecule has 1 aromatic heterocycles. The normalized spacial score (nSPS) is 19.3. The van der Waals surface area contributed by atoms with E-state index in [1.54, 1.807) is 12.1 Å². The lowest BCUT2D eigenvalue weighted by molar-refractivity contribution is -0.136. The predicted octanol–water partition coefficient (Wildman–Crippen LogP) is 4.30. The van der Waals surface area contributed by atoms with Gasteiger partial charge in [-0.15, -0.1) is 0 Å². The minimum absolute atomic E-state index is 0.0356. The third-order valence-corrected chi connectivity index (χ3v) is 5.02. The largest absolute Gasteiger partial charge is 0.417 e. The molecule has 1 aromatic carbocycles. The average Bonchev–Trinajstić information content (AvgIpc) is 2.52. The number of aromatic nitrogens is 1. The standard InChI is InChI=1S/C16H16BrF3N2O/c17-9-11-3-1-2-6-22(11)10-4-5-14-12(7-10)13(16(18,19)20)8-15(23)21-14/h4-5,7-8,11H,1-3,6,9H2,(H,21,23). The smallest absolute Gasteiger partial charge is 0.368 e. The molecule has 124 valence electrons. The van der Waals surface area contributed by atoms with Crippen molar-refractivity contribution >= 4 is 32.5 Å². The van der Waals surface area contributed by atoms with Gasteiger partial charge >= 0.3 is 6.18 Å². The zero-order valence-electron chi connectivity index (χ0n) is 12.3. The molecule has 0 radical (unpaired) electrons. The summed E-state index contributed by atoms with van der Waals surface area (Å²) in [4.78, 5) is 16.1. The van der Waals surface area contributed by atoms with Gasteiger partial charge in [0, 0.05) is 40.6 Å². The Morgan fingerprint density at radius 1 is 1.26 bits per heavy atom. The van der Waals surface area contributed by atoms with E-state index >= 15 is 0 Å². The Morgan fingerprint density at radius 2 is 2.04 bits per heavy atom. The van der Waals surface area contributed by atoms with E-state index in [9.17, 15) is 18.0 Å². The van der Waals surface area contributed by atoms with Crippen LogP contribution in [0.25, 0.3) is 10.9 Å². The number of pyridine rings is 1.